The molecule has 1 aliphatic rings. The second kappa shape index (κ2) is 10.3. The molecule has 0 spiro atoms. The highest BCUT2D eigenvalue weighted by atomic mass is 32.2. The minimum Gasteiger partial charge on any atom is -0.465 e. The number of carbonyl (C=O) groups excluding carboxylic acids is 1. The highest BCUT2D eigenvalue weighted by molar-refractivity contribution is 7.83. The van der Waals surface area contributed by atoms with Gasteiger partial charge in [0.15, 0.2) is 0 Å². The maximum atomic E-state index is 13.2. The number of ether oxygens (including phenoxy) is 1. The van der Waals surface area contributed by atoms with Crippen molar-refractivity contribution < 1.29 is 23.6 Å². The van der Waals surface area contributed by atoms with E-state index in [1.807, 2.05) is 52.0 Å². The Kier molecular flexibility index (Phi) is 8.34. The number of aryl methyl sites for hydroxylation is 1. The summed E-state index contributed by atoms with van der Waals surface area (Å²) in [7, 11) is -0.0515. The van der Waals surface area contributed by atoms with Crippen molar-refractivity contribution in [2.24, 2.45) is 5.92 Å². The normalized spacial score (nSPS) is 23.5. The Hall–Kier alpha value is -2.03. The Morgan fingerprint density at radius 1 is 1.43 bits per heavy atom. The number of hydrogen-bond donors (Lipinski definition) is 2. The van der Waals surface area contributed by atoms with Crippen LogP contribution in [0, 0.1) is 12.8 Å². The molecule has 0 radical (unpaired) electrons. The van der Waals surface area contributed by atoms with Gasteiger partial charge in [-0.1, -0.05) is 43.2 Å². The Labute approximate surface area is 181 Å². The lowest BCUT2D eigenvalue weighted by Gasteiger charge is -2.43. The molecule has 2 N–H and O–H groups in total. The minimum absolute atomic E-state index is 0.0859. The van der Waals surface area contributed by atoms with Crippen LogP contribution >= 0.6 is 0 Å². The predicted octanol–water partition coefficient (Wildman–Crippen LogP) is 3.65. The third-order valence-corrected chi connectivity index (χ3v) is 6.91. The second-order valence-electron chi connectivity index (χ2n) is 7.87. The summed E-state index contributed by atoms with van der Waals surface area (Å²) in [6, 6.07) is 5.88. The van der Waals surface area contributed by atoms with Gasteiger partial charge in [0.1, 0.15) is 11.0 Å². The fraction of sp³-hybridized carbons (Fsp3) is 0.545. The maximum absolute atomic E-state index is 13.2. The summed E-state index contributed by atoms with van der Waals surface area (Å²) >= 11 is 0. The fourth-order valence-corrected chi connectivity index (χ4v) is 5.26. The van der Waals surface area contributed by atoms with E-state index in [-0.39, 0.29) is 12.3 Å². The summed E-state index contributed by atoms with van der Waals surface area (Å²) in [5.41, 5.74) is 0.212. The van der Waals surface area contributed by atoms with E-state index in [1.54, 1.807) is 19.2 Å². The number of carbonyl (C=O) groups is 2. The van der Waals surface area contributed by atoms with Crippen LogP contribution in [0.3, 0.4) is 0 Å². The molecule has 7 nitrogen and oxygen atoms in total. The van der Waals surface area contributed by atoms with E-state index in [9.17, 15) is 18.9 Å². The van der Waals surface area contributed by atoms with E-state index in [2.05, 4.69) is 4.72 Å². The summed E-state index contributed by atoms with van der Waals surface area (Å²) in [6.07, 6.45) is 3.82. The zero-order chi connectivity index (χ0) is 22.5. The molecule has 0 aromatic heterocycles. The molecule has 1 aliphatic heterocycles. The summed E-state index contributed by atoms with van der Waals surface area (Å²) in [4.78, 5) is 26.0. The highest BCUT2D eigenvalue weighted by Crippen LogP contribution is 2.36. The number of carboxylic acid groups (broad SMARTS) is 1. The van der Waals surface area contributed by atoms with Crippen molar-refractivity contribution in [1.29, 1.82) is 0 Å². The number of nitrogens with zero attached hydrogens (tertiary/aromatic N) is 1. The Morgan fingerprint density at radius 2 is 2.07 bits per heavy atom. The van der Waals surface area contributed by atoms with Crippen molar-refractivity contribution in [2.45, 2.75) is 69.5 Å². The summed E-state index contributed by atoms with van der Waals surface area (Å²) < 4.78 is 22.2. The second-order valence-corrected chi connectivity index (χ2v) is 9.12. The zero-order valence-corrected chi connectivity index (χ0v) is 19.1. The van der Waals surface area contributed by atoms with E-state index in [1.165, 1.54) is 0 Å². The van der Waals surface area contributed by atoms with Gasteiger partial charge in [0, 0.05) is 19.4 Å². The largest absolute Gasteiger partial charge is 0.465 e. The van der Waals surface area contributed by atoms with Gasteiger partial charge in [0.2, 0.25) is 5.91 Å². The molecule has 30 heavy (non-hydrogen) atoms. The Balaban J connectivity index is 2.52. The number of amides is 2. The molecule has 1 aromatic carbocycles. The van der Waals surface area contributed by atoms with Crippen LogP contribution in [0.4, 0.5) is 4.79 Å². The molecule has 8 heteroatoms. The number of allylic oxidation sites excluding steroid dienone is 1. The molecule has 5 atom stereocenters. The first-order valence-corrected chi connectivity index (χ1v) is 11.3. The summed E-state index contributed by atoms with van der Waals surface area (Å²) in [5.74, 6) is -0.795. The molecule has 1 saturated heterocycles. The first-order valence-electron chi connectivity index (χ1n) is 10.2. The number of methoxy groups -OCH3 is 1. The van der Waals surface area contributed by atoms with Gasteiger partial charge in [-0.05, 0) is 39.3 Å². The van der Waals surface area contributed by atoms with Gasteiger partial charge in [-0.3, -0.25) is 4.79 Å². The average Bonchev–Trinajstić information content (AvgIpc) is 3.02. The third-order valence-electron chi connectivity index (χ3n) is 5.74. The van der Waals surface area contributed by atoms with E-state index in [0.29, 0.717) is 11.3 Å². The molecule has 1 heterocycles. The fourth-order valence-electron chi connectivity index (χ4n) is 4.12. The van der Waals surface area contributed by atoms with Crippen molar-refractivity contribution in [3.8, 4) is 0 Å². The lowest BCUT2D eigenvalue weighted by Crippen LogP contribution is -2.62. The van der Waals surface area contributed by atoms with Crippen LogP contribution in [0.2, 0.25) is 0 Å². The molecular formula is C22H32N2O5S. The van der Waals surface area contributed by atoms with Gasteiger partial charge in [0.25, 0.3) is 0 Å². The first kappa shape index (κ1) is 24.2. The van der Waals surface area contributed by atoms with Crippen LogP contribution in [-0.4, -0.2) is 51.0 Å². The van der Waals surface area contributed by atoms with Gasteiger partial charge in [-0.15, -0.1) is 0 Å². The monoisotopic (exact) mass is 436 g/mol. The van der Waals surface area contributed by atoms with Crippen molar-refractivity contribution in [3.05, 3.63) is 42.0 Å². The lowest BCUT2D eigenvalue weighted by atomic mass is 9.81. The smallest absolute Gasteiger partial charge is 0.414 e. The molecule has 1 aromatic rings. The molecule has 166 valence electrons. The van der Waals surface area contributed by atoms with E-state index in [4.69, 9.17) is 4.74 Å². The minimum atomic E-state index is -1.61. The van der Waals surface area contributed by atoms with Crippen LogP contribution in [0.15, 0.2) is 41.3 Å². The van der Waals surface area contributed by atoms with E-state index in [0.717, 1.165) is 16.9 Å². The zero-order valence-electron chi connectivity index (χ0n) is 18.3. The topological polar surface area (TPSA) is 95.9 Å². The van der Waals surface area contributed by atoms with Crippen LogP contribution in [-0.2, 0) is 20.5 Å². The molecular weight excluding hydrogens is 404 g/mol. The standard InChI is InChI=1S/C22H32N2O5S/c1-6-8-16-14-18(25)24(21(26)27)19(16)20(22(4,29-5)13-7-2)23-30(28)17-11-9-15(3)10-12-17/h6,8-12,16,19-20,23H,7,13-14H2,1-5H3,(H,26,27)/b8-6-/t16-,19?,20-,22+,30?/m1/s1. The molecule has 1 fully saturated rings. The van der Waals surface area contributed by atoms with Gasteiger partial charge >= 0.3 is 6.09 Å². The molecule has 0 aliphatic carbocycles. The molecule has 2 rings (SSSR count). The average molecular weight is 437 g/mol. The Bertz CT molecular complexity index is 810. The molecule has 0 bridgehead atoms. The Morgan fingerprint density at radius 3 is 2.57 bits per heavy atom. The molecule has 2 unspecified atom stereocenters. The van der Waals surface area contributed by atoms with Gasteiger partial charge in [-0.2, -0.15) is 0 Å². The van der Waals surface area contributed by atoms with Gasteiger partial charge in [0.05, 0.1) is 22.6 Å². The number of hydrogen-bond acceptors (Lipinski definition) is 4. The first-order chi connectivity index (χ1) is 14.2. The third kappa shape index (κ3) is 5.17. The van der Waals surface area contributed by atoms with Crippen LogP contribution in [0.1, 0.15) is 45.6 Å². The summed E-state index contributed by atoms with van der Waals surface area (Å²) in [6.45, 7) is 7.65. The van der Waals surface area contributed by atoms with Crippen molar-refractivity contribution in [1.82, 2.24) is 9.62 Å². The number of benzene rings is 1. The van der Waals surface area contributed by atoms with Gasteiger partial charge < -0.3 is 9.84 Å². The van der Waals surface area contributed by atoms with Crippen LogP contribution in [0.25, 0.3) is 0 Å². The molecule has 2 amide bonds. The van der Waals surface area contributed by atoms with Crippen molar-refractivity contribution in [3.63, 3.8) is 0 Å². The van der Waals surface area contributed by atoms with Crippen molar-refractivity contribution in [2.75, 3.05) is 7.11 Å². The van der Waals surface area contributed by atoms with Crippen molar-refractivity contribution >= 4 is 23.0 Å². The summed E-state index contributed by atoms with van der Waals surface area (Å²) in [5, 5.41) is 9.78. The molecule has 0 saturated carbocycles. The maximum Gasteiger partial charge on any atom is 0.414 e. The SMILES string of the molecule is C/C=C\[C@@H]1CC(=O)N(C(=O)O)C1[C@@H](NS(=O)c1ccc(C)cc1)[C@](C)(CCC)OC. The van der Waals surface area contributed by atoms with Crippen LogP contribution < -0.4 is 4.72 Å². The predicted molar refractivity (Wildman–Crippen MR) is 116 cm³/mol. The number of likely N-dealkylation sites (tertiary alicyclic amines) is 1. The lowest BCUT2D eigenvalue weighted by molar-refractivity contribution is -0.128. The number of nitrogens with one attached hydrogen (secondary N) is 1. The quantitative estimate of drug-likeness (QED) is 0.576. The van der Waals surface area contributed by atoms with E-state index >= 15 is 0 Å². The highest BCUT2D eigenvalue weighted by Gasteiger charge is 2.52. The number of rotatable bonds is 9. The van der Waals surface area contributed by atoms with Crippen LogP contribution in [0.5, 0.6) is 0 Å². The van der Waals surface area contributed by atoms with Gasteiger partial charge in [-0.25, -0.2) is 18.6 Å². The number of imide groups is 1. The van der Waals surface area contributed by atoms with E-state index < -0.39 is 40.7 Å².